The van der Waals surface area contributed by atoms with Crippen molar-refractivity contribution in [3.63, 3.8) is 0 Å². The van der Waals surface area contributed by atoms with Crippen molar-refractivity contribution in [3.8, 4) is 0 Å². The molecule has 1 aromatic heterocycles. The molecule has 1 rings (SSSR count). The highest BCUT2D eigenvalue weighted by atomic mass is 16.3. The topological polar surface area (TPSA) is 48.4 Å². The number of nitrogens with zero attached hydrogens (tertiary/aromatic N) is 2. The van der Waals surface area contributed by atoms with E-state index >= 15 is 0 Å². The van der Waals surface area contributed by atoms with Crippen molar-refractivity contribution < 1.29 is 5.11 Å². The Balaban J connectivity index is 2.61. The van der Waals surface area contributed by atoms with Crippen LogP contribution in [0.4, 0.5) is 5.82 Å². The van der Waals surface area contributed by atoms with Gasteiger partial charge >= 0.3 is 0 Å². The van der Waals surface area contributed by atoms with E-state index in [1.807, 2.05) is 25.2 Å². The first-order valence-electron chi connectivity index (χ1n) is 5.27. The summed E-state index contributed by atoms with van der Waals surface area (Å²) in [7, 11) is 1.86. The Morgan fingerprint density at radius 1 is 1.47 bits per heavy atom. The standard InChI is InChI=1S/C11H19N3O/c1-3-14(7-8-15)9-10-5-4-6-11(12-2)13-10/h4-6,15H,3,7-9H2,1-2H3,(H,12,13). The number of likely N-dealkylation sites (N-methyl/N-ethyl adjacent to an activating group) is 1. The number of pyridine rings is 1. The molecule has 4 nitrogen and oxygen atoms in total. The molecule has 0 aromatic carbocycles. The Morgan fingerprint density at radius 3 is 2.87 bits per heavy atom. The predicted molar refractivity (Wildman–Crippen MR) is 61.8 cm³/mol. The largest absolute Gasteiger partial charge is 0.395 e. The van der Waals surface area contributed by atoms with Crippen LogP contribution in [0.2, 0.25) is 0 Å². The van der Waals surface area contributed by atoms with Crippen molar-refractivity contribution in [3.05, 3.63) is 23.9 Å². The lowest BCUT2D eigenvalue weighted by Crippen LogP contribution is -2.26. The van der Waals surface area contributed by atoms with Crippen LogP contribution in [0, 0.1) is 0 Å². The van der Waals surface area contributed by atoms with Crippen LogP contribution in [-0.2, 0) is 6.54 Å². The van der Waals surface area contributed by atoms with Gasteiger partial charge in [-0.1, -0.05) is 13.0 Å². The van der Waals surface area contributed by atoms with Crippen LogP contribution in [0.1, 0.15) is 12.6 Å². The Morgan fingerprint density at radius 2 is 2.27 bits per heavy atom. The molecular formula is C11H19N3O. The number of hydrogen-bond donors (Lipinski definition) is 2. The highest BCUT2D eigenvalue weighted by Crippen LogP contribution is 2.06. The molecule has 0 fully saturated rings. The van der Waals surface area contributed by atoms with E-state index in [0.29, 0.717) is 6.54 Å². The maximum absolute atomic E-state index is 8.87. The number of anilines is 1. The van der Waals surface area contributed by atoms with Gasteiger partial charge < -0.3 is 10.4 Å². The van der Waals surface area contributed by atoms with Crippen LogP contribution >= 0.6 is 0 Å². The lowest BCUT2D eigenvalue weighted by molar-refractivity contribution is 0.195. The third kappa shape index (κ3) is 3.85. The van der Waals surface area contributed by atoms with E-state index in [9.17, 15) is 0 Å². The summed E-state index contributed by atoms with van der Waals surface area (Å²) in [6.45, 7) is 4.68. The van der Waals surface area contributed by atoms with Gasteiger partial charge in [-0.3, -0.25) is 4.90 Å². The number of hydrogen-bond acceptors (Lipinski definition) is 4. The minimum atomic E-state index is 0.194. The van der Waals surface area contributed by atoms with E-state index in [4.69, 9.17) is 5.11 Å². The summed E-state index contributed by atoms with van der Waals surface area (Å²) in [6, 6.07) is 5.92. The van der Waals surface area contributed by atoms with Gasteiger partial charge in [-0.25, -0.2) is 4.98 Å². The van der Waals surface area contributed by atoms with Crippen molar-refractivity contribution in [2.24, 2.45) is 0 Å². The van der Waals surface area contributed by atoms with Crippen LogP contribution in [0.25, 0.3) is 0 Å². The van der Waals surface area contributed by atoms with Crippen molar-refractivity contribution in [2.45, 2.75) is 13.5 Å². The summed E-state index contributed by atoms with van der Waals surface area (Å²) >= 11 is 0. The van der Waals surface area contributed by atoms with Crippen LogP contribution in [-0.4, -0.2) is 41.7 Å². The quantitative estimate of drug-likeness (QED) is 0.732. The summed E-state index contributed by atoms with van der Waals surface area (Å²) in [5.41, 5.74) is 1.03. The summed E-state index contributed by atoms with van der Waals surface area (Å²) in [5.74, 6) is 0.882. The fraction of sp³-hybridized carbons (Fsp3) is 0.545. The van der Waals surface area contributed by atoms with Gasteiger partial charge in [0, 0.05) is 20.1 Å². The molecule has 1 heterocycles. The Bertz CT molecular complexity index is 291. The molecule has 0 radical (unpaired) electrons. The molecule has 15 heavy (non-hydrogen) atoms. The first kappa shape index (κ1) is 11.9. The molecule has 0 aliphatic carbocycles. The molecule has 4 heteroatoms. The zero-order chi connectivity index (χ0) is 11.1. The third-order valence-electron chi connectivity index (χ3n) is 2.31. The first-order chi connectivity index (χ1) is 7.30. The molecule has 0 amide bonds. The molecule has 0 aliphatic heterocycles. The number of nitrogens with one attached hydrogen (secondary N) is 1. The van der Waals surface area contributed by atoms with Crippen LogP contribution < -0.4 is 5.32 Å². The molecular weight excluding hydrogens is 190 g/mol. The maximum atomic E-state index is 8.87. The number of rotatable bonds is 6. The van der Waals surface area contributed by atoms with Gasteiger partial charge in [0.15, 0.2) is 0 Å². The van der Waals surface area contributed by atoms with Crippen LogP contribution in [0.3, 0.4) is 0 Å². The van der Waals surface area contributed by atoms with Crippen LogP contribution in [0.5, 0.6) is 0 Å². The number of aliphatic hydroxyl groups excluding tert-OH is 1. The van der Waals surface area contributed by atoms with E-state index in [1.165, 1.54) is 0 Å². The fourth-order valence-corrected chi connectivity index (χ4v) is 1.43. The zero-order valence-electron chi connectivity index (χ0n) is 9.40. The summed E-state index contributed by atoms with van der Waals surface area (Å²) < 4.78 is 0. The summed E-state index contributed by atoms with van der Waals surface area (Å²) in [5, 5.41) is 11.9. The molecule has 1 aromatic rings. The Kier molecular flexibility index (Phi) is 5.07. The molecule has 0 saturated carbocycles. The van der Waals surface area contributed by atoms with E-state index in [2.05, 4.69) is 22.1 Å². The van der Waals surface area contributed by atoms with Crippen molar-refractivity contribution in [2.75, 3.05) is 32.1 Å². The van der Waals surface area contributed by atoms with E-state index < -0.39 is 0 Å². The molecule has 0 atom stereocenters. The van der Waals surface area contributed by atoms with Gasteiger partial charge in [0.2, 0.25) is 0 Å². The Hall–Kier alpha value is -1.13. The first-order valence-corrected chi connectivity index (χ1v) is 5.27. The minimum absolute atomic E-state index is 0.194. The smallest absolute Gasteiger partial charge is 0.126 e. The highest BCUT2D eigenvalue weighted by Gasteiger charge is 2.04. The second-order valence-corrected chi connectivity index (χ2v) is 3.36. The van der Waals surface area contributed by atoms with E-state index in [1.54, 1.807) is 0 Å². The third-order valence-corrected chi connectivity index (χ3v) is 2.31. The molecule has 0 spiro atoms. The molecule has 2 N–H and O–H groups in total. The van der Waals surface area contributed by atoms with E-state index in [0.717, 1.165) is 24.6 Å². The van der Waals surface area contributed by atoms with Crippen molar-refractivity contribution >= 4 is 5.82 Å². The summed E-state index contributed by atoms with van der Waals surface area (Å²) in [6.07, 6.45) is 0. The number of aliphatic hydroxyl groups is 1. The van der Waals surface area contributed by atoms with Gasteiger partial charge in [0.1, 0.15) is 5.82 Å². The van der Waals surface area contributed by atoms with Gasteiger partial charge in [-0.15, -0.1) is 0 Å². The number of aromatic nitrogens is 1. The van der Waals surface area contributed by atoms with E-state index in [-0.39, 0.29) is 6.61 Å². The van der Waals surface area contributed by atoms with Gasteiger partial charge in [0.05, 0.1) is 12.3 Å². The van der Waals surface area contributed by atoms with Gasteiger partial charge in [-0.05, 0) is 18.7 Å². The van der Waals surface area contributed by atoms with Gasteiger partial charge in [-0.2, -0.15) is 0 Å². The Labute approximate surface area is 90.9 Å². The predicted octanol–water partition coefficient (Wildman–Crippen LogP) is 0.937. The summed E-state index contributed by atoms with van der Waals surface area (Å²) in [4.78, 5) is 6.58. The van der Waals surface area contributed by atoms with Gasteiger partial charge in [0.25, 0.3) is 0 Å². The van der Waals surface area contributed by atoms with Crippen molar-refractivity contribution in [1.29, 1.82) is 0 Å². The monoisotopic (exact) mass is 209 g/mol. The minimum Gasteiger partial charge on any atom is -0.395 e. The molecule has 0 unspecified atom stereocenters. The fourth-order valence-electron chi connectivity index (χ4n) is 1.43. The SMILES string of the molecule is CCN(CCO)Cc1cccc(NC)n1. The lowest BCUT2D eigenvalue weighted by atomic mass is 10.3. The molecule has 0 bridgehead atoms. The van der Waals surface area contributed by atoms with Crippen molar-refractivity contribution in [1.82, 2.24) is 9.88 Å². The second-order valence-electron chi connectivity index (χ2n) is 3.36. The molecule has 0 aliphatic rings. The maximum Gasteiger partial charge on any atom is 0.126 e. The van der Waals surface area contributed by atoms with Crippen LogP contribution in [0.15, 0.2) is 18.2 Å². The molecule has 0 saturated heterocycles. The average Bonchev–Trinajstić information content (AvgIpc) is 2.29. The molecule has 84 valence electrons. The second kappa shape index (κ2) is 6.37. The normalized spacial score (nSPS) is 10.7. The zero-order valence-corrected chi connectivity index (χ0v) is 9.40. The average molecular weight is 209 g/mol. The highest BCUT2D eigenvalue weighted by molar-refractivity contribution is 5.34. The lowest BCUT2D eigenvalue weighted by Gasteiger charge is -2.18.